The molecule has 0 atom stereocenters. The Hall–Kier alpha value is -2.47. The number of ether oxygens (including phenoxy) is 1. The summed E-state index contributed by atoms with van der Waals surface area (Å²) in [6.45, 7) is 0.188. The lowest BCUT2D eigenvalue weighted by atomic mass is 10.1. The molecule has 1 aromatic heterocycles. The maximum Gasteiger partial charge on any atom is 0.406 e. The molecule has 0 unspecified atom stereocenters. The molecule has 2 rings (SSSR count). The predicted octanol–water partition coefficient (Wildman–Crippen LogP) is 2.06. The third kappa shape index (κ3) is 3.26. The van der Waals surface area contributed by atoms with E-state index in [1.54, 1.807) is 30.3 Å². The van der Waals surface area contributed by atoms with Crippen LogP contribution in [0.1, 0.15) is 11.1 Å². The monoisotopic (exact) mass is 260 g/mol. The molecule has 6 nitrogen and oxygen atoms in total. The van der Waals surface area contributed by atoms with Crippen molar-refractivity contribution in [2.45, 2.75) is 13.2 Å². The van der Waals surface area contributed by atoms with E-state index in [-0.39, 0.29) is 24.8 Å². The minimum absolute atomic E-state index is 0.0186. The van der Waals surface area contributed by atoms with Crippen LogP contribution in [0.25, 0.3) is 0 Å². The minimum Gasteiger partial charge on any atom is -0.481 e. The number of aromatic nitrogens is 1. The highest BCUT2D eigenvalue weighted by Crippen LogP contribution is 2.23. The van der Waals surface area contributed by atoms with Gasteiger partial charge in [-0.25, -0.2) is 0 Å². The largest absolute Gasteiger partial charge is 0.481 e. The Morgan fingerprint density at radius 2 is 1.89 bits per heavy atom. The van der Waals surface area contributed by atoms with E-state index in [1.165, 1.54) is 12.3 Å². The fourth-order valence-corrected chi connectivity index (χ4v) is 1.53. The van der Waals surface area contributed by atoms with Gasteiger partial charge in [-0.05, 0) is 33.2 Å². The third-order valence-electron chi connectivity index (χ3n) is 2.52. The van der Waals surface area contributed by atoms with Gasteiger partial charge in [0.25, 0.3) is 0 Å². The lowest BCUT2D eigenvalue weighted by Crippen LogP contribution is -2.00. The van der Waals surface area contributed by atoms with E-state index in [0.29, 0.717) is 0 Å². The Morgan fingerprint density at radius 1 is 1.21 bits per heavy atom. The Balaban J connectivity index is 2.07. The van der Waals surface area contributed by atoms with Crippen LogP contribution in [0, 0.1) is 10.1 Å². The fourth-order valence-electron chi connectivity index (χ4n) is 1.53. The maximum absolute atomic E-state index is 10.8. The number of rotatable bonds is 5. The Bertz CT molecular complexity index is 569. The van der Waals surface area contributed by atoms with E-state index < -0.39 is 4.92 Å². The van der Waals surface area contributed by atoms with Gasteiger partial charge in [0.15, 0.2) is 0 Å². The van der Waals surface area contributed by atoms with E-state index in [1.807, 2.05) is 0 Å². The Kier molecular flexibility index (Phi) is 4.04. The smallest absolute Gasteiger partial charge is 0.406 e. The summed E-state index contributed by atoms with van der Waals surface area (Å²) in [5.41, 5.74) is 1.66. The second kappa shape index (κ2) is 5.92. The maximum atomic E-state index is 10.8. The van der Waals surface area contributed by atoms with Crippen LogP contribution in [0.2, 0.25) is 0 Å². The molecule has 19 heavy (non-hydrogen) atoms. The highest BCUT2D eigenvalue weighted by atomic mass is 16.6. The number of aliphatic hydroxyl groups is 1. The van der Waals surface area contributed by atoms with Crippen molar-refractivity contribution in [1.82, 2.24) is 4.98 Å². The van der Waals surface area contributed by atoms with E-state index in [4.69, 9.17) is 9.84 Å². The SMILES string of the molecule is O=[N+]([O-])c1ncccc1OCc1ccc(CO)cc1. The van der Waals surface area contributed by atoms with Gasteiger partial charge in [-0.1, -0.05) is 24.3 Å². The van der Waals surface area contributed by atoms with Crippen molar-refractivity contribution in [1.29, 1.82) is 0 Å². The first kappa shape index (κ1) is 13.0. The highest BCUT2D eigenvalue weighted by Gasteiger charge is 2.15. The average molecular weight is 260 g/mol. The molecule has 0 radical (unpaired) electrons. The quantitative estimate of drug-likeness (QED) is 0.657. The summed E-state index contributed by atoms with van der Waals surface area (Å²) < 4.78 is 5.39. The molecule has 1 N–H and O–H groups in total. The molecule has 0 aliphatic carbocycles. The summed E-state index contributed by atoms with van der Waals surface area (Å²) in [5, 5.41) is 19.7. The van der Waals surface area contributed by atoms with Crippen molar-refractivity contribution in [2.24, 2.45) is 0 Å². The number of nitrogens with zero attached hydrogens (tertiary/aromatic N) is 2. The molecule has 0 saturated carbocycles. The van der Waals surface area contributed by atoms with Gasteiger partial charge in [-0.3, -0.25) is 0 Å². The molecule has 6 heteroatoms. The summed E-state index contributed by atoms with van der Waals surface area (Å²) >= 11 is 0. The zero-order chi connectivity index (χ0) is 13.7. The van der Waals surface area contributed by atoms with Crippen LogP contribution < -0.4 is 4.74 Å². The van der Waals surface area contributed by atoms with Gasteiger partial charge in [-0.15, -0.1) is 0 Å². The number of benzene rings is 1. The molecular formula is C13H12N2O4. The molecule has 0 spiro atoms. The van der Waals surface area contributed by atoms with E-state index in [9.17, 15) is 10.1 Å². The van der Waals surface area contributed by atoms with E-state index in [0.717, 1.165) is 11.1 Å². The van der Waals surface area contributed by atoms with Crippen LogP contribution in [-0.2, 0) is 13.2 Å². The molecule has 0 amide bonds. The Morgan fingerprint density at radius 3 is 2.53 bits per heavy atom. The standard InChI is InChI=1S/C13H12N2O4/c16-8-10-3-5-11(6-4-10)9-19-12-2-1-7-14-13(12)15(17)18/h1-7,16H,8-9H2. The first-order valence-electron chi connectivity index (χ1n) is 5.61. The van der Waals surface area contributed by atoms with Gasteiger partial charge in [0, 0.05) is 0 Å². The number of hydrogen-bond donors (Lipinski definition) is 1. The highest BCUT2D eigenvalue weighted by molar-refractivity contribution is 5.38. The normalized spacial score (nSPS) is 10.2. The summed E-state index contributed by atoms with van der Waals surface area (Å²) in [4.78, 5) is 13.8. The molecule has 0 aliphatic rings. The van der Waals surface area contributed by atoms with Crippen molar-refractivity contribution in [3.05, 3.63) is 63.8 Å². The second-order valence-corrected chi connectivity index (χ2v) is 3.85. The molecule has 2 aromatic rings. The summed E-state index contributed by atoms with van der Waals surface area (Å²) in [7, 11) is 0. The van der Waals surface area contributed by atoms with Crippen molar-refractivity contribution in [3.63, 3.8) is 0 Å². The first-order valence-corrected chi connectivity index (χ1v) is 5.61. The van der Waals surface area contributed by atoms with Crippen molar-refractivity contribution >= 4 is 5.82 Å². The number of nitro groups is 1. The van der Waals surface area contributed by atoms with Gasteiger partial charge >= 0.3 is 5.82 Å². The summed E-state index contributed by atoms with van der Waals surface area (Å²) in [6, 6.07) is 10.2. The Labute approximate surface area is 109 Å². The number of hydrogen-bond acceptors (Lipinski definition) is 5. The van der Waals surface area contributed by atoms with Crippen LogP contribution in [-0.4, -0.2) is 15.0 Å². The van der Waals surface area contributed by atoms with Crippen LogP contribution in [0.4, 0.5) is 5.82 Å². The zero-order valence-corrected chi connectivity index (χ0v) is 10.0. The topological polar surface area (TPSA) is 85.5 Å². The third-order valence-corrected chi connectivity index (χ3v) is 2.52. The average Bonchev–Trinajstić information content (AvgIpc) is 2.46. The zero-order valence-electron chi connectivity index (χ0n) is 10.0. The molecule has 0 bridgehead atoms. The lowest BCUT2D eigenvalue weighted by Gasteiger charge is -2.06. The molecule has 0 saturated heterocycles. The van der Waals surface area contributed by atoms with Gasteiger partial charge in [-0.2, -0.15) is 0 Å². The molecule has 0 fully saturated rings. The molecule has 0 aliphatic heterocycles. The second-order valence-electron chi connectivity index (χ2n) is 3.85. The van der Waals surface area contributed by atoms with Crippen molar-refractivity contribution in [3.8, 4) is 5.75 Å². The predicted molar refractivity (Wildman–Crippen MR) is 67.6 cm³/mol. The van der Waals surface area contributed by atoms with Gasteiger partial charge in [0.05, 0.1) is 6.61 Å². The molecule has 98 valence electrons. The molecule has 1 aromatic carbocycles. The van der Waals surface area contributed by atoms with E-state index >= 15 is 0 Å². The van der Waals surface area contributed by atoms with E-state index in [2.05, 4.69) is 4.98 Å². The van der Waals surface area contributed by atoms with Gasteiger partial charge in [0.1, 0.15) is 12.8 Å². The molecular weight excluding hydrogens is 248 g/mol. The fraction of sp³-hybridized carbons (Fsp3) is 0.154. The van der Waals surface area contributed by atoms with Gasteiger partial charge in [0.2, 0.25) is 5.75 Å². The van der Waals surface area contributed by atoms with Gasteiger partial charge < -0.3 is 20.0 Å². The van der Waals surface area contributed by atoms with Crippen LogP contribution >= 0.6 is 0 Å². The minimum atomic E-state index is -0.579. The molecule has 1 heterocycles. The lowest BCUT2D eigenvalue weighted by molar-refractivity contribution is -0.390. The number of pyridine rings is 1. The van der Waals surface area contributed by atoms with Crippen LogP contribution in [0.15, 0.2) is 42.6 Å². The van der Waals surface area contributed by atoms with Crippen molar-refractivity contribution in [2.75, 3.05) is 0 Å². The van der Waals surface area contributed by atoms with Crippen molar-refractivity contribution < 1.29 is 14.8 Å². The van der Waals surface area contributed by atoms with Crippen LogP contribution in [0.5, 0.6) is 5.75 Å². The summed E-state index contributed by atoms with van der Waals surface area (Å²) in [6.07, 6.45) is 1.35. The van der Waals surface area contributed by atoms with Crippen LogP contribution in [0.3, 0.4) is 0 Å². The number of aliphatic hydroxyl groups excluding tert-OH is 1. The summed E-state index contributed by atoms with van der Waals surface area (Å²) in [5.74, 6) is -0.159. The first-order chi connectivity index (χ1) is 9.20.